The molecular formula is C34H41N5O5S. The van der Waals surface area contributed by atoms with Crippen LogP contribution in [0.1, 0.15) is 52.0 Å². The normalized spacial score (nSPS) is 17.2. The Bertz CT molecular complexity index is 1890. The fourth-order valence-electron chi connectivity index (χ4n) is 6.52. The van der Waals surface area contributed by atoms with Gasteiger partial charge in [0.05, 0.1) is 4.90 Å². The fraction of sp³-hybridized carbons (Fsp3) is 0.441. The highest BCUT2D eigenvalue weighted by Crippen LogP contribution is 2.42. The molecule has 0 radical (unpaired) electrons. The van der Waals surface area contributed by atoms with E-state index in [1.54, 1.807) is 49.8 Å². The number of nitrogens with zero attached hydrogens (tertiary/aromatic N) is 5. The van der Waals surface area contributed by atoms with Crippen LogP contribution in [0, 0.1) is 12.3 Å². The summed E-state index contributed by atoms with van der Waals surface area (Å²) < 4.78 is 35.1. The molecule has 238 valence electrons. The van der Waals surface area contributed by atoms with Crippen molar-refractivity contribution >= 4 is 32.8 Å². The zero-order valence-corrected chi connectivity index (χ0v) is 27.4. The molecule has 0 aliphatic carbocycles. The number of pyridine rings is 2. The monoisotopic (exact) mass is 631 g/mol. The quantitative estimate of drug-likeness (QED) is 0.290. The van der Waals surface area contributed by atoms with E-state index in [-0.39, 0.29) is 21.9 Å². The molecule has 11 heteroatoms. The average Bonchev–Trinajstić information content (AvgIpc) is 3.46. The summed E-state index contributed by atoms with van der Waals surface area (Å²) in [5.74, 6) is 0.889. The summed E-state index contributed by atoms with van der Waals surface area (Å²) in [5.41, 5.74) is 1.95. The number of carbonyl (C=O) groups excluding carboxylic acids is 1. The molecule has 10 nitrogen and oxygen atoms in total. The first kappa shape index (κ1) is 30.9. The van der Waals surface area contributed by atoms with Crippen LogP contribution >= 0.6 is 0 Å². The summed E-state index contributed by atoms with van der Waals surface area (Å²) in [5, 5.41) is 0.556. The molecule has 0 bridgehead atoms. The van der Waals surface area contributed by atoms with Crippen LogP contribution in [0.3, 0.4) is 0 Å². The number of aryl methyl sites for hydroxylation is 2. The van der Waals surface area contributed by atoms with Crippen LogP contribution in [0.25, 0.3) is 22.0 Å². The van der Waals surface area contributed by atoms with Crippen molar-refractivity contribution < 1.29 is 17.9 Å². The van der Waals surface area contributed by atoms with Crippen molar-refractivity contribution in [3.63, 3.8) is 0 Å². The second-order valence-corrected chi connectivity index (χ2v) is 15.3. The summed E-state index contributed by atoms with van der Waals surface area (Å²) in [6.07, 6.45) is 8.81. The minimum absolute atomic E-state index is 0.110. The second kappa shape index (κ2) is 11.3. The highest BCUT2D eigenvalue weighted by molar-refractivity contribution is 7.90. The number of carbonyl (C=O) groups is 1. The average molecular weight is 632 g/mol. The van der Waals surface area contributed by atoms with Crippen LogP contribution in [0.15, 0.2) is 70.7 Å². The largest absolute Gasteiger partial charge is 0.444 e. The Morgan fingerprint density at radius 3 is 2.18 bits per heavy atom. The Labute approximate surface area is 264 Å². The number of anilines is 1. The summed E-state index contributed by atoms with van der Waals surface area (Å²) in [6.45, 7) is 10.8. The molecular weight excluding hydrogens is 590 g/mol. The van der Waals surface area contributed by atoms with E-state index in [2.05, 4.69) is 4.90 Å². The van der Waals surface area contributed by atoms with E-state index in [9.17, 15) is 18.0 Å². The first-order valence-corrected chi connectivity index (χ1v) is 16.9. The van der Waals surface area contributed by atoms with Crippen LogP contribution in [0.4, 0.5) is 10.6 Å². The van der Waals surface area contributed by atoms with Crippen LogP contribution in [0.2, 0.25) is 0 Å². The van der Waals surface area contributed by atoms with Gasteiger partial charge < -0.3 is 19.1 Å². The maximum atomic E-state index is 13.5. The van der Waals surface area contributed by atoms with Gasteiger partial charge in [-0.15, -0.1) is 0 Å². The van der Waals surface area contributed by atoms with E-state index < -0.39 is 21.2 Å². The molecule has 5 heterocycles. The first-order valence-electron chi connectivity index (χ1n) is 15.5. The number of likely N-dealkylation sites (tertiary alicyclic amines) is 1. The first-order chi connectivity index (χ1) is 21.3. The molecule has 2 aliphatic heterocycles. The molecule has 3 aromatic heterocycles. The van der Waals surface area contributed by atoms with Gasteiger partial charge in [0.25, 0.3) is 15.6 Å². The van der Waals surface area contributed by atoms with E-state index in [1.165, 1.54) is 10.8 Å². The Balaban J connectivity index is 1.18. The standard InChI is InChI=1S/C34H41N5O5S/c1-24-6-9-26(10-7-24)45(42,43)39-17-12-27-28(23-36(5)31(40)30(27)39)25-8-11-29(35-22-25)37-18-13-34(14-19-37)15-20-38(21-16-34)32(41)44-33(2,3)4/h6-12,17,22-23H,13-16,18-21H2,1-5H3. The van der Waals surface area contributed by atoms with Crippen molar-refractivity contribution in [1.29, 1.82) is 0 Å². The molecule has 2 fully saturated rings. The number of aromatic nitrogens is 3. The SMILES string of the molecule is Cc1ccc(S(=O)(=O)n2ccc3c(-c4ccc(N5CCC6(CCN(C(=O)OC(C)(C)C)CC6)CC5)nc4)cn(C)c(=O)c32)cc1. The van der Waals surface area contributed by atoms with Gasteiger partial charge in [0, 0.05) is 68.3 Å². The number of amides is 1. The predicted molar refractivity (Wildman–Crippen MR) is 175 cm³/mol. The van der Waals surface area contributed by atoms with Crippen LogP contribution < -0.4 is 10.5 Å². The molecule has 2 aliphatic rings. The topological polar surface area (TPSA) is 107 Å². The van der Waals surface area contributed by atoms with E-state index >= 15 is 0 Å². The third-order valence-corrected chi connectivity index (χ3v) is 10.9. The Hall–Kier alpha value is -4.12. The van der Waals surface area contributed by atoms with Crippen molar-refractivity contribution in [2.45, 2.75) is 63.9 Å². The molecule has 6 rings (SSSR count). The van der Waals surface area contributed by atoms with Gasteiger partial charge >= 0.3 is 6.09 Å². The lowest BCUT2D eigenvalue weighted by atomic mass is 9.71. The number of benzene rings is 1. The zero-order chi connectivity index (χ0) is 32.1. The zero-order valence-electron chi connectivity index (χ0n) is 26.6. The lowest BCUT2D eigenvalue weighted by molar-refractivity contribution is 0.00664. The van der Waals surface area contributed by atoms with Crippen molar-refractivity contribution in [2.24, 2.45) is 12.5 Å². The molecule has 45 heavy (non-hydrogen) atoms. The molecule has 1 aromatic carbocycles. The molecule has 0 saturated carbocycles. The van der Waals surface area contributed by atoms with Gasteiger partial charge in [-0.05, 0) is 89.1 Å². The third kappa shape index (κ3) is 5.97. The highest BCUT2D eigenvalue weighted by atomic mass is 32.2. The number of ether oxygens (including phenoxy) is 1. The third-order valence-electron chi connectivity index (χ3n) is 9.25. The lowest BCUT2D eigenvalue weighted by Gasteiger charge is -2.47. The van der Waals surface area contributed by atoms with Crippen LogP contribution in [-0.4, -0.2) is 64.7 Å². The van der Waals surface area contributed by atoms with Crippen LogP contribution in [0.5, 0.6) is 0 Å². The Morgan fingerprint density at radius 2 is 1.58 bits per heavy atom. The maximum absolute atomic E-state index is 13.5. The van der Waals surface area contributed by atoms with Gasteiger partial charge in [0.15, 0.2) is 0 Å². The highest BCUT2D eigenvalue weighted by Gasteiger charge is 2.39. The van der Waals surface area contributed by atoms with Crippen molar-refractivity contribution in [2.75, 3.05) is 31.1 Å². The van der Waals surface area contributed by atoms with Gasteiger partial charge in [0.1, 0.15) is 16.9 Å². The van der Waals surface area contributed by atoms with Gasteiger partial charge in [-0.25, -0.2) is 22.2 Å². The molecule has 1 spiro atoms. The lowest BCUT2D eigenvalue weighted by Crippen LogP contribution is -2.49. The molecule has 4 aromatic rings. The number of hydrogen-bond donors (Lipinski definition) is 0. The van der Waals surface area contributed by atoms with E-state index in [1.807, 2.05) is 44.7 Å². The van der Waals surface area contributed by atoms with Crippen molar-refractivity contribution in [3.05, 3.63) is 77.0 Å². The smallest absolute Gasteiger partial charge is 0.410 e. The van der Waals surface area contributed by atoms with E-state index in [0.29, 0.717) is 5.39 Å². The van der Waals surface area contributed by atoms with Gasteiger partial charge in [0.2, 0.25) is 0 Å². The Kier molecular flexibility index (Phi) is 7.79. The van der Waals surface area contributed by atoms with Gasteiger partial charge in [-0.3, -0.25) is 4.79 Å². The van der Waals surface area contributed by atoms with Crippen molar-refractivity contribution in [1.82, 2.24) is 18.4 Å². The summed E-state index contributed by atoms with van der Waals surface area (Å²) in [6, 6.07) is 12.3. The molecule has 0 N–H and O–H groups in total. The Morgan fingerprint density at radius 1 is 0.933 bits per heavy atom. The minimum atomic E-state index is -3.97. The molecule has 0 unspecified atom stereocenters. The summed E-state index contributed by atoms with van der Waals surface area (Å²) in [4.78, 5) is 34.8. The number of rotatable bonds is 4. The van der Waals surface area contributed by atoms with Crippen LogP contribution in [-0.2, 0) is 21.8 Å². The van der Waals surface area contributed by atoms with Crippen molar-refractivity contribution in [3.8, 4) is 11.1 Å². The number of hydrogen-bond acceptors (Lipinski definition) is 7. The summed E-state index contributed by atoms with van der Waals surface area (Å²) in [7, 11) is -2.34. The second-order valence-electron chi connectivity index (χ2n) is 13.5. The molecule has 0 atom stereocenters. The number of piperidine rings is 2. The summed E-state index contributed by atoms with van der Waals surface area (Å²) >= 11 is 0. The number of fused-ring (bicyclic) bond motifs is 1. The maximum Gasteiger partial charge on any atom is 0.410 e. The molecule has 1 amide bonds. The minimum Gasteiger partial charge on any atom is -0.444 e. The van der Waals surface area contributed by atoms with Gasteiger partial charge in [-0.1, -0.05) is 17.7 Å². The van der Waals surface area contributed by atoms with Gasteiger partial charge in [-0.2, -0.15) is 0 Å². The van der Waals surface area contributed by atoms with E-state index in [0.717, 1.165) is 78.3 Å². The fourth-order valence-corrected chi connectivity index (χ4v) is 7.86. The van der Waals surface area contributed by atoms with E-state index in [4.69, 9.17) is 9.72 Å². The molecule has 2 saturated heterocycles. The predicted octanol–water partition coefficient (Wildman–Crippen LogP) is 5.56.